The van der Waals surface area contributed by atoms with Crippen LogP contribution < -0.4 is 10.3 Å². The summed E-state index contributed by atoms with van der Waals surface area (Å²) >= 11 is 6.12. The average Bonchev–Trinajstić information content (AvgIpc) is 2.75. The van der Waals surface area contributed by atoms with Crippen molar-refractivity contribution < 1.29 is 14.3 Å². The Morgan fingerprint density at radius 2 is 1.97 bits per heavy atom. The third kappa shape index (κ3) is 4.33. The molecule has 7 heteroatoms. The minimum Gasteiger partial charge on any atom is -0.490 e. The predicted octanol–water partition coefficient (Wildman–Crippen LogP) is 3.36. The van der Waals surface area contributed by atoms with Crippen LogP contribution in [-0.2, 0) is 11.3 Å². The highest BCUT2D eigenvalue weighted by Gasteiger charge is 2.37. The number of fused-ring (bicyclic) bond motifs is 1. The van der Waals surface area contributed by atoms with E-state index in [4.69, 9.17) is 21.1 Å². The Morgan fingerprint density at radius 1 is 1.14 bits per heavy atom. The largest absolute Gasteiger partial charge is 0.490 e. The van der Waals surface area contributed by atoms with E-state index in [1.54, 1.807) is 24.3 Å². The number of morpholine rings is 1. The van der Waals surface area contributed by atoms with Crippen LogP contribution >= 0.6 is 11.6 Å². The smallest absolute Gasteiger partial charge is 0.271 e. The van der Waals surface area contributed by atoms with Crippen LogP contribution in [-0.4, -0.2) is 47.3 Å². The van der Waals surface area contributed by atoms with Gasteiger partial charge in [-0.2, -0.15) is 0 Å². The van der Waals surface area contributed by atoms with Crippen molar-refractivity contribution in [2.45, 2.75) is 44.4 Å². The van der Waals surface area contributed by atoms with Gasteiger partial charge in [0.15, 0.2) is 0 Å². The second kappa shape index (κ2) is 9.01. The summed E-state index contributed by atoms with van der Waals surface area (Å²) in [4.78, 5) is 27.8. The zero-order valence-corrected chi connectivity index (χ0v) is 17.0. The Morgan fingerprint density at radius 3 is 2.83 bits per heavy atom. The van der Waals surface area contributed by atoms with Crippen molar-refractivity contribution >= 4 is 17.5 Å². The predicted molar refractivity (Wildman–Crippen MR) is 111 cm³/mol. The molecular weight excluding hydrogens is 392 g/mol. The van der Waals surface area contributed by atoms with E-state index in [1.165, 1.54) is 10.6 Å². The van der Waals surface area contributed by atoms with Crippen molar-refractivity contribution in [3.63, 3.8) is 0 Å². The molecule has 2 aromatic rings. The molecule has 1 aliphatic carbocycles. The number of hydrogen-bond donors (Lipinski definition) is 0. The highest BCUT2D eigenvalue weighted by molar-refractivity contribution is 6.32. The lowest BCUT2D eigenvalue weighted by atomic mass is 9.90. The Hall–Kier alpha value is -2.31. The van der Waals surface area contributed by atoms with Crippen molar-refractivity contribution in [1.82, 2.24) is 9.47 Å². The van der Waals surface area contributed by atoms with Crippen molar-refractivity contribution in [3.8, 4) is 5.75 Å². The first kappa shape index (κ1) is 20.0. The fourth-order valence-corrected chi connectivity index (χ4v) is 4.43. The lowest BCUT2D eigenvalue weighted by Gasteiger charge is -2.43. The monoisotopic (exact) mass is 416 g/mol. The van der Waals surface area contributed by atoms with E-state index in [9.17, 15) is 9.59 Å². The van der Waals surface area contributed by atoms with E-state index < -0.39 is 0 Å². The molecule has 2 aliphatic rings. The summed E-state index contributed by atoms with van der Waals surface area (Å²) < 4.78 is 13.1. The molecule has 2 heterocycles. The second-order valence-corrected chi connectivity index (χ2v) is 7.85. The fourth-order valence-electron chi connectivity index (χ4n) is 4.24. The SMILES string of the molecule is O=C(c1cccc(=O)n1CCOc1ccccc1Cl)N1CCO[C@@H]2CCCC[C@H]21. The van der Waals surface area contributed by atoms with Crippen LogP contribution in [0.25, 0.3) is 0 Å². The van der Waals surface area contributed by atoms with Crippen molar-refractivity contribution in [3.05, 3.63) is 63.5 Å². The van der Waals surface area contributed by atoms with Gasteiger partial charge in [0.1, 0.15) is 18.1 Å². The zero-order chi connectivity index (χ0) is 20.2. The Kier molecular flexibility index (Phi) is 6.21. The maximum atomic E-state index is 13.4. The number of benzene rings is 1. The van der Waals surface area contributed by atoms with Crippen LogP contribution in [0.1, 0.15) is 36.2 Å². The van der Waals surface area contributed by atoms with Gasteiger partial charge in [-0.05, 0) is 31.0 Å². The summed E-state index contributed by atoms with van der Waals surface area (Å²) in [5.41, 5.74) is 0.179. The summed E-state index contributed by atoms with van der Waals surface area (Å²) in [5, 5.41) is 0.515. The number of halogens is 1. The van der Waals surface area contributed by atoms with Gasteiger partial charge in [-0.15, -0.1) is 0 Å². The Balaban J connectivity index is 1.52. The standard InChI is InChI=1S/C22H25ClN2O4/c23-16-6-1-3-9-19(16)28-14-12-24-18(8-5-11-21(24)26)22(27)25-13-15-29-20-10-4-2-7-17(20)25/h1,3,5-6,8-9,11,17,20H,2,4,7,10,12-15H2/t17-,20-/m1/s1. The molecule has 2 fully saturated rings. The van der Waals surface area contributed by atoms with Gasteiger partial charge < -0.3 is 18.9 Å². The molecule has 0 radical (unpaired) electrons. The number of nitrogens with zero attached hydrogens (tertiary/aromatic N) is 2. The van der Waals surface area contributed by atoms with Crippen molar-refractivity contribution in [1.29, 1.82) is 0 Å². The minimum atomic E-state index is -0.216. The maximum Gasteiger partial charge on any atom is 0.271 e. The summed E-state index contributed by atoms with van der Waals surface area (Å²) in [5.74, 6) is 0.449. The van der Waals surface area contributed by atoms with Crippen LogP contribution in [0, 0.1) is 0 Å². The molecule has 1 saturated carbocycles. The number of hydrogen-bond acceptors (Lipinski definition) is 4. The topological polar surface area (TPSA) is 60.8 Å². The Labute approximate surface area is 175 Å². The lowest BCUT2D eigenvalue weighted by Crippen LogP contribution is -2.55. The van der Waals surface area contributed by atoms with E-state index in [0.29, 0.717) is 29.6 Å². The number of rotatable bonds is 5. The highest BCUT2D eigenvalue weighted by atomic mass is 35.5. The summed E-state index contributed by atoms with van der Waals surface area (Å²) in [6.07, 6.45) is 4.28. The molecule has 1 aliphatic heterocycles. The van der Waals surface area contributed by atoms with Crippen LogP contribution in [0.3, 0.4) is 0 Å². The summed E-state index contributed by atoms with van der Waals surface area (Å²) in [6.45, 7) is 1.60. The summed E-state index contributed by atoms with van der Waals surface area (Å²) in [6, 6.07) is 12.1. The van der Waals surface area contributed by atoms with Crippen molar-refractivity contribution in [2.24, 2.45) is 0 Å². The van der Waals surface area contributed by atoms with Gasteiger partial charge in [-0.1, -0.05) is 42.6 Å². The molecular formula is C22H25ClN2O4. The molecule has 0 unspecified atom stereocenters. The summed E-state index contributed by atoms with van der Waals surface area (Å²) in [7, 11) is 0. The normalized spacial score (nSPS) is 21.5. The fraction of sp³-hybridized carbons (Fsp3) is 0.455. The van der Waals surface area contributed by atoms with E-state index in [1.807, 2.05) is 17.0 Å². The van der Waals surface area contributed by atoms with Gasteiger partial charge in [0.25, 0.3) is 11.5 Å². The minimum absolute atomic E-state index is 0.0909. The first-order valence-electron chi connectivity index (χ1n) is 10.1. The molecule has 1 amide bonds. The zero-order valence-electron chi connectivity index (χ0n) is 16.3. The van der Waals surface area contributed by atoms with Crippen LogP contribution in [0.5, 0.6) is 5.75 Å². The molecule has 154 valence electrons. The molecule has 1 aromatic carbocycles. The molecule has 0 bridgehead atoms. The van der Waals surface area contributed by atoms with E-state index in [0.717, 1.165) is 25.7 Å². The third-order valence-corrected chi connectivity index (χ3v) is 5.98. The quantitative estimate of drug-likeness (QED) is 0.749. The highest BCUT2D eigenvalue weighted by Crippen LogP contribution is 2.29. The number of carbonyl (C=O) groups is 1. The molecule has 1 aromatic heterocycles. The lowest BCUT2D eigenvalue weighted by molar-refractivity contribution is -0.0755. The number of aromatic nitrogens is 1. The van der Waals surface area contributed by atoms with E-state index >= 15 is 0 Å². The molecule has 4 rings (SSSR count). The number of carbonyl (C=O) groups excluding carboxylic acids is 1. The van der Waals surface area contributed by atoms with Crippen LogP contribution in [0.4, 0.5) is 0 Å². The molecule has 29 heavy (non-hydrogen) atoms. The van der Waals surface area contributed by atoms with Crippen LogP contribution in [0.15, 0.2) is 47.3 Å². The molecule has 0 spiro atoms. The van der Waals surface area contributed by atoms with Crippen molar-refractivity contribution in [2.75, 3.05) is 19.8 Å². The maximum absolute atomic E-state index is 13.4. The van der Waals surface area contributed by atoms with Gasteiger partial charge in [-0.25, -0.2) is 0 Å². The number of para-hydroxylation sites is 1. The first-order chi connectivity index (χ1) is 14.1. The molecule has 2 atom stereocenters. The molecule has 0 N–H and O–H groups in total. The van der Waals surface area contributed by atoms with Gasteiger partial charge in [0.05, 0.1) is 30.3 Å². The molecule has 6 nitrogen and oxygen atoms in total. The number of ether oxygens (including phenoxy) is 2. The molecule has 1 saturated heterocycles. The number of amides is 1. The van der Waals surface area contributed by atoms with Gasteiger partial charge in [-0.3, -0.25) is 9.59 Å². The number of pyridine rings is 1. The van der Waals surface area contributed by atoms with Gasteiger partial charge in [0.2, 0.25) is 0 Å². The van der Waals surface area contributed by atoms with Gasteiger partial charge in [0, 0.05) is 12.6 Å². The van der Waals surface area contributed by atoms with E-state index in [2.05, 4.69) is 0 Å². The Bertz CT molecular complexity index is 927. The van der Waals surface area contributed by atoms with Gasteiger partial charge >= 0.3 is 0 Å². The average molecular weight is 417 g/mol. The van der Waals surface area contributed by atoms with E-state index in [-0.39, 0.29) is 36.8 Å². The second-order valence-electron chi connectivity index (χ2n) is 7.44. The third-order valence-electron chi connectivity index (χ3n) is 5.67. The first-order valence-corrected chi connectivity index (χ1v) is 10.5. The van der Waals surface area contributed by atoms with Crippen LogP contribution in [0.2, 0.25) is 5.02 Å².